The number of hydrogen-bond donors (Lipinski definition) is 1. The van der Waals surface area contributed by atoms with Crippen LogP contribution in [0.15, 0.2) is 30.3 Å². The van der Waals surface area contributed by atoms with Crippen LogP contribution < -0.4 is 5.32 Å². The van der Waals surface area contributed by atoms with Crippen molar-refractivity contribution in [3.8, 4) is 11.4 Å². The molecule has 2 atom stereocenters. The Morgan fingerprint density at radius 2 is 1.89 bits per heavy atom. The summed E-state index contributed by atoms with van der Waals surface area (Å²) < 4.78 is 5.80. The van der Waals surface area contributed by atoms with Gasteiger partial charge in [0.05, 0.1) is 12.2 Å². The molecule has 8 nitrogen and oxygen atoms in total. The molecule has 1 fully saturated rings. The molecule has 0 spiro atoms. The molecule has 3 rings (SSSR count). The molecule has 0 radical (unpaired) electrons. The molecular weight excluding hydrogens is 344 g/mol. The zero-order valence-corrected chi connectivity index (χ0v) is 16.4. The third kappa shape index (κ3) is 5.11. The molecule has 0 bridgehead atoms. The summed E-state index contributed by atoms with van der Waals surface area (Å²) in [5.41, 5.74) is 0.716. The van der Waals surface area contributed by atoms with Crippen molar-refractivity contribution in [2.24, 2.45) is 0 Å². The molecule has 1 aliphatic heterocycles. The Kier molecular flexibility index (Phi) is 5.86. The van der Waals surface area contributed by atoms with Gasteiger partial charge in [0, 0.05) is 30.7 Å². The van der Waals surface area contributed by atoms with Gasteiger partial charge in [-0.2, -0.15) is 4.80 Å². The number of ether oxygens (including phenoxy) is 1. The molecule has 1 aliphatic rings. The summed E-state index contributed by atoms with van der Waals surface area (Å²) in [6.07, 6.45) is 0.388. The number of benzene rings is 1. The lowest BCUT2D eigenvalue weighted by atomic mass is 10.00. The van der Waals surface area contributed by atoms with Gasteiger partial charge in [0.15, 0.2) is 0 Å². The van der Waals surface area contributed by atoms with Crippen molar-refractivity contribution >= 4 is 5.91 Å². The number of amides is 1. The molecule has 1 aromatic heterocycles. The average molecular weight is 372 g/mol. The number of nitrogens with zero attached hydrogens (tertiary/aromatic N) is 5. The van der Waals surface area contributed by atoms with Crippen LogP contribution in [-0.4, -0.2) is 68.4 Å². The molecule has 2 aromatic rings. The van der Waals surface area contributed by atoms with Gasteiger partial charge in [0.1, 0.15) is 6.54 Å². The van der Waals surface area contributed by atoms with Crippen molar-refractivity contribution in [2.75, 3.05) is 19.6 Å². The van der Waals surface area contributed by atoms with E-state index in [0.29, 0.717) is 12.4 Å². The first-order chi connectivity index (χ1) is 12.8. The van der Waals surface area contributed by atoms with Crippen molar-refractivity contribution in [1.82, 2.24) is 30.4 Å². The highest BCUT2D eigenvalue weighted by Gasteiger charge is 2.33. The zero-order chi connectivity index (χ0) is 19.4. The number of hydrogen-bond acceptors (Lipinski definition) is 6. The molecule has 0 saturated carbocycles. The van der Waals surface area contributed by atoms with Crippen LogP contribution in [-0.2, 0) is 16.1 Å². The monoisotopic (exact) mass is 372 g/mol. The molecule has 1 amide bonds. The van der Waals surface area contributed by atoms with E-state index in [-0.39, 0.29) is 30.2 Å². The van der Waals surface area contributed by atoms with Crippen LogP contribution in [0.25, 0.3) is 11.4 Å². The third-order valence-corrected chi connectivity index (χ3v) is 4.76. The van der Waals surface area contributed by atoms with Crippen LogP contribution in [0.2, 0.25) is 0 Å². The summed E-state index contributed by atoms with van der Waals surface area (Å²) in [7, 11) is 0. The van der Waals surface area contributed by atoms with E-state index in [1.165, 1.54) is 4.80 Å². The Balaban J connectivity index is 1.53. The van der Waals surface area contributed by atoms with E-state index in [2.05, 4.69) is 53.3 Å². The van der Waals surface area contributed by atoms with E-state index in [1.54, 1.807) is 0 Å². The Hall–Kier alpha value is -2.32. The molecule has 0 aliphatic carbocycles. The highest BCUT2D eigenvalue weighted by molar-refractivity contribution is 5.75. The van der Waals surface area contributed by atoms with Crippen LogP contribution in [0.4, 0.5) is 0 Å². The first-order valence-electron chi connectivity index (χ1n) is 9.34. The van der Waals surface area contributed by atoms with Crippen LogP contribution in [0.3, 0.4) is 0 Å². The van der Waals surface area contributed by atoms with Crippen molar-refractivity contribution < 1.29 is 9.53 Å². The molecule has 8 heteroatoms. The van der Waals surface area contributed by atoms with Gasteiger partial charge in [0.25, 0.3) is 0 Å². The minimum Gasteiger partial charge on any atom is -0.373 e. The largest absolute Gasteiger partial charge is 0.373 e. The molecular formula is C19H28N6O2. The fourth-order valence-electron chi connectivity index (χ4n) is 3.30. The van der Waals surface area contributed by atoms with Crippen molar-refractivity contribution in [2.45, 2.75) is 52.0 Å². The number of carbonyl (C=O) groups is 1. The number of aromatic nitrogens is 4. The van der Waals surface area contributed by atoms with Crippen LogP contribution in [0.5, 0.6) is 0 Å². The number of rotatable bonds is 6. The fraction of sp³-hybridized carbons (Fsp3) is 0.579. The van der Waals surface area contributed by atoms with Crippen molar-refractivity contribution in [1.29, 1.82) is 0 Å². The maximum atomic E-state index is 12.3. The van der Waals surface area contributed by atoms with E-state index in [1.807, 2.05) is 30.3 Å². The Bertz CT molecular complexity index is 751. The minimum absolute atomic E-state index is 0.0475. The van der Waals surface area contributed by atoms with Gasteiger partial charge in [-0.05, 0) is 32.9 Å². The standard InChI is InChI=1S/C19H28N6O2/c1-14-10-24(11-15(2)27-14)19(3,4)13-20-17(26)12-25-22-18(21-23-25)16-8-6-5-7-9-16/h5-9,14-15H,10-13H2,1-4H3,(H,20,26). The topological polar surface area (TPSA) is 85.2 Å². The van der Waals surface area contributed by atoms with Crippen LogP contribution in [0, 0.1) is 0 Å². The first-order valence-corrected chi connectivity index (χ1v) is 9.34. The van der Waals surface area contributed by atoms with E-state index >= 15 is 0 Å². The van der Waals surface area contributed by atoms with Crippen LogP contribution >= 0.6 is 0 Å². The Labute approximate surface area is 159 Å². The third-order valence-electron chi connectivity index (χ3n) is 4.76. The second kappa shape index (κ2) is 8.14. The molecule has 1 N–H and O–H groups in total. The quantitative estimate of drug-likeness (QED) is 0.824. The van der Waals surface area contributed by atoms with Gasteiger partial charge in [0.2, 0.25) is 11.7 Å². The highest BCUT2D eigenvalue weighted by atomic mass is 16.5. The normalized spacial score (nSPS) is 21.2. The smallest absolute Gasteiger partial charge is 0.243 e. The van der Waals surface area contributed by atoms with Crippen LogP contribution in [0.1, 0.15) is 27.7 Å². The Morgan fingerprint density at radius 3 is 2.56 bits per heavy atom. The fourth-order valence-corrected chi connectivity index (χ4v) is 3.30. The Morgan fingerprint density at radius 1 is 1.22 bits per heavy atom. The number of tetrazole rings is 1. The summed E-state index contributed by atoms with van der Waals surface area (Å²) in [6.45, 7) is 10.8. The molecule has 27 heavy (non-hydrogen) atoms. The van der Waals surface area contributed by atoms with Crippen molar-refractivity contribution in [3.05, 3.63) is 30.3 Å². The molecule has 1 saturated heterocycles. The molecule has 1 aromatic carbocycles. The van der Waals surface area contributed by atoms with Gasteiger partial charge >= 0.3 is 0 Å². The predicted molar refractivity (Wildman–Crippen MR) is 102 cm³/mol. The van der Waals surface area contributed by atoms with Gasteiger partial charge in [-0.3, -0.25) is 9.69 Å². The molecule has 2 heterocycles. The van der Waals surface area contributed by atoms with Crippen molar-refractivity contribution in [3.63, 3.8) is 0 Å². The number of morpholine rings is 1. The first kappa shape index (κ1) is 19.4. The summed E-state index contributed by atoms with van der Waals surface area (Å²) in [5, 5.41) is 15.3. The van der Waals surface area contributed by atoms with Gasteiger partial charge in [-0.25, -0.2) is 0 Å². The van der Waals surface area contributed by atoms with Gasteiger partial charge in [-0.15, -0.1) is 10.2 Å². The maximum Gasteiger partial charge on any atom is 0.243 e. The molecule has 146 valence electrons. The summed E-state index contributed by atoms with van der Waals surface area (Å²) in [5.74, 6) is 0.384. The van der Waals surface area contributed by atoms with E-state index in [0.717, 1.165) is 18.7 Å². The highest BCUT2D eigenvalue weighted by Crippen LogP contribution is 2.20. The summed E-state index contributed by atoms with van der Waals surface area (Å²) in [4.78, 5) is 16.0. The summed E-state index contributed by atoms with van der Waals surface area (Å²) >= 11 is 0. The molecule has 2 unspecified atom stereocenters. The lowest BCUT2D eigenvalue weighted by molar-refractivity contribution is -0.123. The summed E-state index contributed by atoms with van der Waals surface area (Å²) in [6, 6.07) is 9.58. The van der Waals surface area contributed by atoms with E-state index in [4.69, 9.17) is 4.74 Å². The van der Waals surface area contributed by atoms with E-state index < -0.39 is 0 Å². The van der Waals surface area contributed by atoms with E-state index in [9.17, 15) is 4.79 Å². The lowest BCUT2D eigenvalue weighted by Crippen LogP contribution is -2.58. The minimum atomic E-state index is -0.160. The second-order valence-electron chi connectivity index (χ2n) is 7.76. The van der Waals surface area contributed by atoms with Gasteiger partial charge < -0.3 is 10.1 Å². The SMILES string of the molecule is CC1CN(C(C)(C)CNC(=O)Cn2nnc(-c3ccccc3)n2)CC(C)O1. The van der Waals surface area contributed by atoms with Gasteiger partial charge in [-0.1, -0.05) is 30.3 Å². The second-order valence-corrected chi connectivity index (χ2v) is 7.76. The number of nitrogens with one attached hydrogen (secondary N) is 1. The zero-order valence-electron chi connectivity index (χ0n) is 16.4. The number of carbonyl (C=O) groups excluding carboxylic acids is 1. The lowest BCUT2D eigenvalue weighted by Gasteiger charge is -2.45. The maximum absolute atomic E-state index is 12.3. The predicted octanol–water partition coefficient (Wildman–Crippen LogP) is 1.34. The average Bonchev–Trinajstić information content (AvgIpc) is 3.08.